The summed E-state index contributed by atoms with van der Waals surface area (Å²) in [5.74, 6) is 0.0668. The van der Waals surface area contributed by atoms with Crippen molar-refractivity contribution >= 4 is 11.9 Å². The number of aryl methyl sites for hydroxylation is 1. The van der Waals surface area contributed by atoms with E-state index in [1.54, 1.807) is 6.20 Å². The molecule has 0 radical (unpaired) electrons. The predicted octanol–water partition coefficient (Wildman–Crippen LogP) is 6.63. The van der Waals surface area contributed by atoms with Crippen LogP contribution in [0, 0.1) is 19.8 Å². The van der Waals surface area contributed by atoms with Gasteiger partial charge in [0.05, 0.1) is 17.7 Å². The number of fused-ring (bicyclic) bond motifs is 1. The Morgan fingerprint density at radius 1 is 1.07 bits per heavy atom. The van der Waals surface area contributed by atoms with Crippen molar-refractivity contribution < 1.29 is 19.4 Å². The summed E-state index contributed by atoms with van der Waals surface area (Å²) < 4.78 is 12.4. The minimum Gasteiger partial charge on any atom is -0.488 e. The average molecular weight is 615 g/mol. The van der Waals surface area contributed by atoms with E-state index < -0.39 is 18.0 Å². The number of carboxylic acid groups (broad SMARTS) is 1. The number of ether oxygens (including phenoxy) is 2. The van der Waals surface area contributed by atoms with E-state index in [0.29, 0.717) is 44.7 Å². The molecular weight excluding hydrogens is 564 g/mol. The van der Waals surface area contributed by atoms with Crippen LogP contribution in [0.25, 0.3) is 11.3 Å². The standard InChI is InChI=1S/C37H50N4O4/c1-6-10-29(7-2)40-20-16-27-13-14-28(26(5)30(27)17-21-40)24-45-35-25(4)11-9-12-31(35)33-15-19-38-37(39-33)41-22-18-32(36(42)43)34(23-41)44-8-3/h9,11-15,19,29,32,34H,6-8,10,16-18,20-24H2,1-5H3,(H,42,43)/t29?,32-,34+/m0/s1. The molecule has 1 unspecified atom stereocenters. The van der Waals surface area contributed by atoms with Gasteiger partial charge in [-0.25, -0.2) is 9.97 Å². The van der Waals surface area contributed by atoms with Gasteiger partial charge in [0.25, 0.3) is 0 Å². The van der Waals surface area contributed by atoms with E-state index in [9.17, 15) is 9.90 Å². The van der Waals surface area contributed by atoms with E-state index in [4.69, 9.17) is 14.5 Å². The molecule has 2 aliphatic heterocycles. The topological polar surface area (TPSA) is 88.0 Å². The molecule has 3 heterocycles. The second-order valence-corrected chi connectivity index (χ2v) is 12.5. The fraction of sp³-hybridized carbons (Fsp3) is 0.541. The molecule has 1 aromatic heterocycles. The maximum Gasteiger partial charge on any atom is 0.309 e. The molecule has 0 saturated carbocycles. The fourth-order valence-corrected chi connectivity index (χ4v) is 7.18. The molecule has 3 aromatic rings. The number of nitrogens with zero attached hydrogens (tertiary/aromatic N) is 4. The first-order chi connectivity index (χ1) is 21.8. The Balaban J connectivity index is 1.33. The Morgan fingerprint density at radius 2 is 1.89 bits per heavy atom. The molecule has 5 rings (SSSR count). The zero-order valence-corrected chi connectivity index (χ0v) is 27.7. The van der Waals surface area contributed by atoms with Crippen molar-refractivity contribution in [3.8, 4) is 17.0 Å². The Kier molecular flexibility index (Phi) is 11.1. The molecule has 1 saturated heterocycles. The number of anilines is 1. The molecule has 1 fully saturated rings. The van der Waals surface area contributed by atoms with E-state index in [-0.39, 0.29) is 0 Å². The molecule has 2 aromatic carbocycles. The van der Waals surface area contributed by atoms with Crippen LogP contribution in [0.3, 0.4) is 0 Å². The van der Waals surface area contributed by atoms with Crippen molar-refractivity contribution in [3.63, 3.8) is 0 Å². The summed E-state index contributed by atoms with van der Waals surface area (Å²) in [5.41, 5.74) is 8.31. The summed E-state index contributed by atoms with van der Waals surface area (Å²) in [7, 11) is 0. The number of carbonyl (C=O) groups is 1. The van der Waals surface area contributed by atoms with Gasteiger partial charge in [0.2, 0.25) is 5.95 Å². The van der Waals surface area contributed by atoms with Crippen LogP contribution in [-0.4, -0.2) is 70.9 Å². The first kappa shape index (κ1) is 32.9. The van der Waals surface area contributed by atoms with Gasteiger partial charge in [-0.15, -0.1) is 0 Å². The molecule has 0 amide bonds. The normalized spacial score (nSPS) is 19.5. The Bertz CT molecular complexity index is 1460. The van der Waals surface area contributed by atoms with Gasteiger partial charge in [-0.3, -0.25) is 9.69 Å². The van der Waals surface area contributed by atoms with Crippen LogP contribution < -0.4 is 9.64 Å². The van der Waals surface area contributed by atoms with Crippen LogP contribution in [0.2, 0.25) is 0 Å². The maximum absolute atomic E-state index is 11.8. The van der Waals surface area contributed by atoms with Crippen molar-refractivity contribution in [3.05, 3.63) is 70.4 Å². The Labute approximate surface area is 268 Å². The van der Waals surface area contributed by atoms with E-state index in [0.717, 1.165) is 48.5 Å². The summed E-state index contributed by atoms with van der Waals surface area (Å²) in [4.78, 5) is 26.0. The monoisotopic (exact) mass is 614 g/mol. The lowest BCUT2D eigenvalue weighted by Crippen LogP contribution is -2.48. The molecule has 1 N–H and O–H groups in total. The van der Waals surface area contributed by atoms with E-state index in [1.807, 2.05) is 30.0 Å². The van der Waals surface area contributed by atoms with Crippen molar-refractivity contribution in [1.82, 2.24) is 14.9 Å². The second kappa shape index (κ2) is 15.2. The summed E-state index contributed by atoms with van der Waals surface area (Å²) in [6.07, 6.45) is 7.77. The molecular formula is C37H50N4O4. The Hall–Kier alpha value is -3.49. The summed E-state index contributed by atoms with van der Waals surface area (Å²) in [5, 5.41) is 9.67. The number of para-hydroxylation sites is 1. The van der Waals surface area contributed by atoms with Crippen LogP contribution in [0.5, 0.6) is 5.75 Å². The maximum atomic E-state index is 11.8. The van der Waals surface area contributed by atoms with Gasteiger partial charge < -0.3 is 19.5 Å². The Morgan fingerprint density at radius 3 is 2.64 bits per heavy atom. The highest BCUT2D eigenvalue weighted by Crippen LogP contribution is 2.34. The SMILES string of the molecule is CCCC(CC)N1CCc2ccc(COc3c(C)cccc3-c3ccnc(N4CC[C@H](C(=O)O)[C@H](OCC)C4)n3)c(C)c2CC1. The third-order valence-electron chi connectivity index (χ3n) is 9.78. The number of hydrogen-bond donors (Lipinski definition) is 1. The molecule has 242 valence electrons. The zero-order chi connectivity index (χ0) is 31.9. The van der Waals surface area contributed by atoms with Crippen molar-refractivity contribution in [2.45, 2.75) is 91.9 Å². The zero-order valence-electron chi connectivity index (χ0n) is 27.7. The van der Waals surface area contributed by atoms with Crippen LogP contribution in [0.15, 0.2) is 42.6 Å². The first-order valence-electron chi connectivity index (χ1n) is 16.8. The molecule has 3 atom stereocenters. The highest BCUT2D eigenvalue weighted by atomic mass is 16.5. The second-order valence-electron chi connectivity index (χ2n) is 12.5. The van der Waals surface area contributed by atoms with E-state index in [1.165, 1.54) is 41.5 Å². The van der Waals surface area contributed by atoms with Crippen LogP contribution in [0.4, 0.5) is 5.95 Å². The summed E-state index contributed by atoms with van der Waals surface area (Å²) in [6, 6.07) is 13.3. The van der Waals surface area contributed by atoms with Gasteiger partial charge in [-0.1, -0.05) is 44.5 Å². The van der Waals surface area contributed by atoms with Gasteiger partial charge in [0.1, 0.15) is 12.4 Å². The highest BCUT2D eigenvalue weighted by molar-refractivity contribution is 5.72. The molecule has 0 bridgehead atoms. The van der Waals surface area contributed by atoms with Crippen LogP contribution >= 0.6 is 0 Å². The van der Waals surface area contributed by atoms with Gasteiger partial charge in [0, 0.05) is 50.6 Å². The number of hydrogen-bond acceptors (Lipinski definition) is 7. The largest absolute Gasteiger partial charge is 0.488 e. The molecule has 45 heavy (non-hydrogen) atoms. The summed E-state index contributed by atoms with van der Waals surface area (Å²) >= 11 is 0. The van der Waals surface area contributed by atoms with Crippen LogP contribution in [0.1, 0.15) is 74.3 Å². The third-order valence-corrected chi connectivity index (χ3v) is 9.78. The number of rotatable bonds is 12. The third kappa shape index (κ3) is 7.50. The lowest BCUT2D eigenvalue weighted by Gasteiger charge is -2.36. The van der Waals surface area contributed by atoms with Gasteiger partial charge in [-0.05, 0) is 92.8 Å². The average Bonchev–Trinajstić information content (AvgIpc) is 3.27. The van der Waals surface area contributed by atoms with Crippen molar-refractivity contribution in [2.75, 3.05) is 37.7 Å². The molecule has 2 aliphatic rings. The molecule has 0 spiro atoms. The smallest absolute Gasteiger partial charge is 0.309 e. The van der Waals surface area contributed by atoms with Crippen molar-refractivity contribution in [2.24, 2.45) is 5.92 Å². The number of carboxylic acids is 1. The minimum atomic E-state index is -0.812. The van der Waals surface area contributed by atoms with Gasteiger partial charge in [0.15, 0.2) is 0 Å². The first-order valence-corrected chi connectivity index (χ1v) is 16.8. The van der Waals surface area contributed by atoms with Crippen LogP contribution in [-0.2, 0) is 29.0 Å². The minimum absolute atomic E-state index is 0.400. The number of piperidine rings is 1. The van der Waals surface area contributed by atoms with E-state index in [2.05, 4.69) is 55.8 Å². The molecule has 8 heteroatoms. The predicted molar refractivity (Wildman–Crippen MR) is 179 cm³/mol. The van der Waals surface area contributed by atoms with Crippen molar-refractivity contribution in [1.29, 1.82) is 0 Å². The van der Waals surface area contributed by atoms with Gasteiger partial charge in [-0.2, -0.15) is 0 Å². The fourth-order valence-electron chi connectivity index (χ4n) is 7.18. The highest BCUT2D eigenvalue weighted by Gasteiger charge is 2.35. The molecule has 8 nitrogen and oxygen atoms in total. The lowest BCUT2D eigenvalue weighted by molar-refractivity contribution is -0.148. The van der Waals surface area contributed by atoms with Gasteiger partial charge >= 0.3 is 5.97 Å². The number of aliphatic carboxylic acids is 1. The summed E-state index contributed by atoms with van der Waals surface area (Å²) in [6.45, 7) is 15.1. The molecule has 0 aliphatic carbocycles. The number of benzene rings is 2. The quantitative estimate of drug-likeness (QED) is 0.243. The lowest BCUT2D eigenvalue weighted by atomic mass is 9.94. The van der Waals surface area contributed by atoms with E-state index >= 15 is 0 Å². The number of aromatic nitrogens is 2.